The van der Waals surface area contributed by atoms with E-state index in [1.54, 1.807) is 6.21 Å². The van der Waals surface area contributed by atoms with Gasteiger partial charge in [0.2, 0.25) is 0 Å². The van der Waals surface area contributed by atoms with Crippen molar-refractivity contribution in [2.45, 2.75) is 13.5 Å². The van der Waals surface area contributed by atoms with E-state index in [1.807, 2.05) is 73.8 Å². The molecule has 0 aliphatic heterocycles. The fraction of sp³-hybridized carbons (Fsp3) is 0.100. The Morgan fingerprint density at radius 2 is 1.96 bits per heavy atom. The first-order valence-corrected chi connectivity index (χ1v) is 8.95. The Morgan fingerprint density at radius 3 is 2.73 bits per heavy atom. The number of aromatic nitrogens is 1. The van der Waals surface area contributed by atoms with Crippen molar-refractivity contribution in [1.82, 2.24) is 9.99 Å². The summed E-state index contributed by atoms with van der Waals surface area (Å²) in [5.41, 5.74) is 7.10. The Balaban J connectivity index is 1.58. The van der Waals surface area contributed by atoms with Crippen LogP contribution in [0.1, 0.15) is 16.8 Å². The van der Waals surface area contributed by atoms with Gasteiger partial charge in [0.15, 0.2) is 5.11 Å². The number of hydrogen-bond acceptors (Lipinski definition) is 2. The lowest BCUT2D eigenvalue weighted by molar-refractivity contribution is 0.799. The lowest BCUT2D eigenvalue weighted by atomic mass is 10.2. The Hall–Kier alpha value is -2.63. The molecule has 0 aliphatic carbocycles. The molecule has 3 rings (SSSR count). The highest BCUT2D eigenvalue weighted by Crippen LogP contribution is 2.12. The number of hydrazone groups is 1. The fourth-order valence-corrected chi connectivity index (χ4v) is 2.81. The Morgan fingerprint density at radius 1 is 1.15 bits per heavy atom. The van der Waals surface area contributed by atoms with Crippen LogP contribution in [0.2, 0.25) is 5.02 Å². The van der Waals surface area contributed by atoms with E-state index >= 15 is 0 Å². The van der Waals surface area contributed by atoms with E-state index in [-0.39, 0.29) is 0 Å². The van der Waals surface area contributed by atoms with Crippen LogP contribution in [0.4, 0.5) is 5.69 Å². The van der Waals surface area contributed by atoms with E-state index in [9.17, 15) is 0 Å². The van der Waals surface area contributed by atoms with Crippen LogP contribution in [0.25, 0.3) is 0 Å². The van der Waals surface area contributed by atoms with Crippen LogP contribution < -0.4 is 10.7 Å². The molecule has 26 heavy (non-hydrogen) atoms. The van der Waals surface area contributed by atoms with Gasteiger partial charge < -0.3 is 9.88 Å². The molecule has 4 nitrogen and oxygen atoms in total. The molecule has 0 fully saturated rings. The summed E-state index contributed by atoms with van der Waals surface area (Å²) in [5, 5.41) is 8.52. The van der Waals surface area contributed by atoms with Crippen molar-refractivity contribution in [3.63, 3.8) is 0 Å². The topological polar surface area (TPSA) is 41.4 Å². The molecule has 2 N–H and O–H groups in total. The van der Waals surface area contributed by atoms with Crippen molar-refractivity contribution in [2.24, 2.45) is 5.10 Å². The van der Waals surface area contributed by atoms with Gasteiger partial charge in [0, 0.05) is 23.5 Å². The lowest BCUT2D eigenvalue weighted by Gasteiger charge is -2.08. The van der Waals surface area contributed by atoms with Gasteiger partial charge in [-0.3, -0.25) is 5.43 Å². The zero-order valence-electron chi connectivity index (χ0n) is 14.3. The first-order chi connectivity index (χ1) is 12.6. The fourth-order valence-electron chi connectivity index (χ4n) is 2.51. The van der Waals surface area contributed by atoms with Crippen molar-refractivity contribution >= 4 is 40.8 Å². The second-order valence-electron chi connectivity index (χ2n) is 5.88. The maximum Gasteiger partial charge on any atom is 0.191 e. The zero-order valence-corrected chi connectivity index (χ0v) is 15.9. The van der Waals surface area contributed by atoms with E-state index < -0.39 is 0 Å². The van der Waals surface area contributed by atoms with Crippen molar-refractivity contribution in [2.75, 3.05) is 5.32 Å². The Bertz CT molecular complexity index is 916. The van der Waals surface area contributed by atoms with Gasteiger partial charge in [0.05, 0.1) is 11.9 Å². The molecule has 0 saturated heterocycles. The van der Waals surface area contributed by atoms with Crippen LogP contribution in [0.15, 0.2) is 72.0 Å². The number of anilines is 1. The summed E-state index contributed by atoms with van der Waals surface area (Å²) in [6, 6.07) is 19.8. The van der Waals surface area contributed by atoms with Gasteiger partial charge in [-0.25, -0.2) is 0 Å². The average molecular weight is 383 g/mol. The number of rotatable bonds is 5. The number of hydrogen-bond donors (Lipinski definition) is 2. The van der Waals surface area contributed by atoms with Crippen LogP contribution in [0.3, 0.4) is 0 Å². The van der Waals surface area contributed by atoms with Gasteiger partial charge >= 0.3 is 0 Å². The van der Waals surface area contributed by atoms with Gasteiger partial charge in [-0.1, -0.05) is 35.9 Å². The highest BCUT2D eigenvalue weighted by Gasteiger charge is 2.01. The largest absolute Gasteiger partial charge is 0.342 e. The van der Waals surface area contributed by atoms with Crippen LogP contribution in [-0.2, 0) is 6.54 Å². The summed E-state index contributed by atoms with van der Waals surface area (Å²) in [4.78, 5) is 0. The smallest absolute Gasteiger partial charge is 0.191 e. The van der Waals surface area contributed by atoms with Crippen molar-refractivity contribution in [3.8, 4) is 0 Å². The number of halogens is 1. The molecular weight excluding hydrogens is 364 g/mol. The number of nitrogens with one attached hydrogen (secondary N) is 2. The minimum Gasteiger partial charge on any atom is -0.342 e. The van der Waals surface area contributed by atoms with E-state index in [0.29, 0.717) is 5.11 Å². The molecule has 0 radical (unpaired) electrons. The molecule has 0 bridgehead atoms. The molecule has 3 aromatic rings. The summed E-state index contributed by atoms with van der Waals surface area (Å²) >= 11 is 11.2. The first-order valence-electron chi connectivity index (χ1n) is 8.16. The number of thiocarbonyl (C=S) groups is 1. The van der Waals surface area contributed by atoms with Crippen LogP contribution in [0.5, 0.6) is 0 Å². The number of benzene rings is 2. The summed E-state index contributed by atoms with van der Waals surface area (Å²) in [5.74, 6) is 0. The molecule has 0 aliphatic rings. The predicted octanol–water partition coefficient (Wildman–Crippen LogP) is 4.82. The second-order valence-corrected chi connectivity index (χ2v) is 6.73. The summed E-state index contributed by atoms with van der Waals surface area (Å²) in [6.07, 6.45) is 3.76. The van der Waals surface area contributed by atoms with E-state index in [0.717, 1.165) is 22.9 Å². The third-order valence-electron chi connectivity index (χ3n) is 3.77. The van der Waals surface area contributed by atoms with Gasteiger partial charge in [0.1, 0.15) is 0 Å². The highest BCUT2D eigenvalue weighted by atomic mass is 35.5. The number of aryl methyl sites for hydroxylation is 1. The molecule has 0 unspecified atom stereocenters. The van der Waals surface area contributed by atoms with Gasteiger partial charge in [-0.2, -0.15) is 5.10 Å². The first kappa shape index (κ1) is 18.2. The average Bonchev–Trinajstić information content (AvgIpc) is 3.04. The molecule has 6 heteroatoms. The van der Waals surface area contributed by atoms with Crippen LogP contribution >= 0.6 is 23.8 Å². The quantitative estimate of drug-likeness (QED) is 0.377. The van der Waals surface area contributed by atoms with Gasteiger partial charge in [0.25, 0.3) is 0 Å². The lowest BCUT2D eigenvalue weighted by Crippen LogP contribution is -2.24. The molecular formula is C20H19ClN4S. The minimum atomic E-state index is 0.447. The maximum atomic E-state index is 5.94. The molecule has 0 atom stereocenters. The Kier molecular flexibility index (Phi) is 6.04. The van der Waals surface area contributed by atoms with E-state index in [1.165, 1.54) is 11.1 Å². The molecule has 1 heterocycles. The molecule has 2 aromatic carbocycles. The predicted molar refractivity (Wildman–Crippen MR) is 113 cm³/mol. The minimum absolute atomic E-state index is 0.447. The van der Waals surface area contributed by atoms with Crippen LogP contribution in [0, 0.1) is 6.92 Å². The van der Waals surface area contributed by atoms with Gasteiger partial charge in [-0.15, -0.1) is 0 Å². The summed E-state index contributed by atoms with van der Waals surface area (Å²) < 4.78 is 2.10. The molecule has 0 spiro atoms. The Labute approximate surface area is 163 Å². The number of nitrogens with zero attached hydrogens (tertiary/aromatic N) is 2. The van der Waals surface area contributed by atoms with E-state index in [4.69, 9.17) is 23.8 Å². The van der Waals surface area contributed by atoms with Crippen molar-refractivity contribution in [3.05, 3.63) is 88.7 Å². The SMILES string of the molecule is Cc1cccc(NC(=S)NN=Cc2cccn2Cc2ccc(Cl)cc2)c1. The molecule has 0 amide bonds. The highest BCUT2D eigenvalue weighted by molar-refractivity contribution is 7.80. The van der Waals surface area contributed by atoms with Crippen LogP contribution in [-0.4, -0.2) is 15.9 Å². The third-order valence-corrected chi connectivity index (χ3v) is 4.22. The van der Waals surface area contributed by atoms with E-state index in [2.05, 4.69) is 20.4 Å². The standard InChI is InChI=1S/C20H19ClN4S/c1-15-4-2-5-18(12-15)23-20(26)24-22-13-19-6-3-11-25(19)14-16-7-9-17(21)10-8-16/h2-13H,14H2,1H3,(H2,23,24,26). The molecule has 1 aromatic heterocycles. The normalized spacial score (nSPS) is 10.8. The summed E-state index contributed by atoms with van der Waals surface area (Å²) in [7, 11) is 0. The van der Waals surface area contributed by atoms with Crippen molar-refractivity contribution in [1.29, 1.82) is 0 Å². The molecule has 0 saturated carbocycles. The zero-order chi connectivity index (χ0) is 18.4. The third kappa shape index (κ3) is 5.18. The summed E-state index contributed by atoms with van der Waals surface area (Å²) in [6.45, 7) is 2.78. The second kappa shape index (κ2) is 8.65. The molecule has 132 valence electrons. The monoisotopic (exact) mass is 382 g/mol. The maximum absolute atomic E-state index is 5.94. The van der Waals surface area contributed by atoms with Gasteiger partial charge in [-0.05, 0) is 66.7 Å². The van der Waals surface area contributed by atoms with Crippen molar-refractivity contribution < 1.29 is 0 Å².